The second kappa shape index (κ2) is 6.05. The largest absolute Gasteiger partial charge is 0.384 e. The molecule has 0 N–H and O–H groups in total. The van der Waals surface area contributed by atoms with Crippen molar-refractivity contribution >= 4 is 31.9 Å². The average Bonchev–Trinajstić information content (AvgIpc) is 1.68. The Labute approximate surface area is 67.0 Å². The van der Waals surface area contributed by atoms with Gasteiger partial charge in [0, 0.05) is 17.3 Å². The summed E-state index contributed by atoms with van der Waals surface area (Å²) in [7, 11) is 1.71. The molecule has 8 heavy (non-hydrogen) atoms. The molecule has 0 amide bonds. The van der Waals surface area contributed by atoms with Gasteiger partial charge >= 0.3 is 0 Å². The number of hydrogen-bond acceptors (Lipinski definition) is 1. The minimum Gasteiger partial charge on any atom is -0.384 e. The first-order valence-electron chi connectivity index (χ1n) is 2.50. The molecular weight excluding hydrogens is 236 g/mol. The minimum absolute atomic E-state index is 0.506. The van der Waals surface area contributed by atoms with Gasteiger partial charge in [-0.1, -0.05) is 31.9 Å². The van der Waals surface area contributed by atoms with Crippen LogP contribution in [0.1, 0.15) is 6.42 Å². The van der Waals surface area contributed by atoms with Crippen LogP contribution in [0, 0.1) is 0 Å². The molecular formula is C5H10Br2O. The zero-order valence-electron chi connectivity index (χ0n) is 4.86. The number of halogens is 2. The first-order valence-corrected chi connectivity index (χ1v) is 4.54. The lowest BCUT2D eigenvalue weighted by Gasteiger charge is -2.03. The highest BCUT2D eigenvalue weighted by Gasteiger charge is 1.99. The first kappa shape index (κ1) is 8.92. The molecule has 0 aliphatic rings. The van der Waals surface area contributed by atoms with Crippen LogP contribution in [0.5, 0.6) is 0 Å². The van der Waals surface area contributed by atoms with E-state index in [0.29, 0.717) is 4.83 Å². The van der Waals surface area contributed by atoms with Crippen molar-refractivity contribution in [3.63, 3.8) is 0 Å². The molecule has 0 aliphatic heterocycles. The highest BCUT2D eigenvalue weighted by atomic mass is 79.9. The van der Waals surface area contributed by atoms with Gasteiger partial charge in [-0.15, -0.1) is 0 Å². The van der Waals surface area contributed by atoms with Crippen molar-refractivity contribution in [1.82, 2.24) is 0 Å². The number of methoxy groups -OCH3 is 1. The maximum absolute atomic E-state index is 4.89. The second-order valence-corrected chi connectivity index (χ2v) is 3.62. The lowest BCUT2D eigenvalue weighted by molar-refractivity contribution is 0.200. The van der Waals surface area contributed by atoms with E-state index in [1.165, 1.54) is 0 Å². The van der Waals surface area contributed by atoms with Gasteiger partial charge in [0.2, 0.25) is 0 Å². The molecule has 0 rings (SSSR count). The summed E-state index contributed by atoms with van der Waals surface area (Å²) >= 11 is 6.78. The van der Waals surface area contributed by atoms with Crippen LogP contribution in [-0.2, 0) is 4.74 Å². The van der Waals surface area contributed by atoms with Crippen LogP contribution in [0.4, 0.5) is 0 Å². The molecule has 0 aromatic carbocycles. The Morgan fingerprint density at radius 2 is 2.25 bits per heavy atom. The van der Waals surface area contributed by atoms with Crippen LogP contribution >= 0.6 is 31.9 Å². The van der Waals surface area contributed by atoms with Gasteiger partial charge in [-0.25, -0.2) is 0 Å². The van der Waals surface area contributed by atoms with E-state index in [1.54, 1.807) is 7.11 Å². The number of ether oxygens (including phenoxy) is 1. The summed E-state index contributed by atoms with van der Waals surface area (Å²) < 4.78 is 4.89. The van der Waals surface area contributed by atoms with Gasteiger partial charge in [0.15, 0.2) is 0 Å². The van der Waals surface area contributed by atoms with Crippen molar-refractivity contribution in [3.8, 4) is 0 Å². The van der Waals surface area contributed by atoms with Gasteiger partial charge in [0.25, 0.3) is 0 Å². The van der Waals surface area contributed by atoms with Crippen LogP contribution in [0.2, 0.25) is 0 Å². The van der Waals surface area contributed by atoms with Crippen LogP contribution in [0.25, 0.3) is 0 Å². The van der Waals surface area contributed by atoms with Crippen molar-refractivity contribution < 1.29 is 4.74 Å². The zero-order chi connectivity index (χ0) is 6.41. The van der Waals surface area contributed by atoms with E-state index >= 15 is 0 Å². The summed E-state index contributed by atoms with van der Waals surface area (Å²) in [5.41, 5.74) is 0. The van der Waals surface area contributed by atoms with Crippen molar-refractivity contribution in [2.75, 3.05) is 19.0 Å². The minimum atomic E-state index is 0.506. The molecule has 0 spiro atoms. The molecule has 1 unspecified atom stereocenters. The Morgan fingerprint density at radius 3 is 2.62 bits per heavy atom. The lowest BCUT2D eigenvalue weighted by Crippen LogP contribution is -2.06. The zero-order valence-corrected chi connectivity index (χ0v) is 8.03. The third-order valence-electron chi connectivity index (χ3n) is 0.770. The molecule has 0 fully saturated rings. The summed E-state index contributed by atoms with van der Waals surface area (Å²) in [4.78, 5) is 0.506. The van der Waals surface area contributed by atoms with Crippen LogP contribution in [-0.4, -0.2) is 23.9 Å². The monoisotopic (exact) mass is 244 g/mol. The molecule has 0 heterocycles. The highest BCUT2D eigenvalue weighted by molar-refractivity contribution is 9.10. The Hall–Kier alpha value is 0.920. The van der Waals surface area contributed by atoms with Crippen molar-refractivity contribution in [2.24, 2.45) is 0 Å². The van der Waals surface area contributed by atoms with Crippen molar-refractivity contribution in [3.05, 3.63) is 0 Å². The van der Waals surface area contributed by atoms with Gasteiger partial charge in [0.05, 0.1) is 6.61 Å². The van der Waals surface area contributed by atoms with Gasteiger partial charge < -0.3 is 4.74 Å². The molecule has 0 aromatic rings. The molecule has 0 bridgehead atoms. The van der Waals surface area contributed by atoms with E-state index in [1.807, 2.05) is 0 Å². The van der Waals surface area contributed by atoms with Gasteiger partial charge in [-0.3, -0.25) is 0 Å². The molecule has 0 saturated carbocycles. The highest BCUT2D eigenvalue weighted by Crippen LogP contribution is 2.06. The predicted molar refractivity (Wildman–Crippen MR) is 43.0 cm³/mol. The maximum atomic E-state index is 4.89. The van der Waals surface area contributed by atoms with Crippen LogP contribution < -0.4 is 0 Å². The average molecular weight is 246 g/mol. The lowest BCUT2D eigenvalue weighted by atomic mass is 10.4. The second-order valence-electron chi connectivity index (χ2n) is 1.53. The summed E-state index contributed by atoms with van der Waals surface area (Å²) in [6.07, 6.45) is 1.12. The molecule has 0 aliphatic carbocycles. The Morgan fingerprint density at radius 1 is 1.62 bits per heavy atom. The fourth-order valence-electron chi connectivity index (χ4n) is 0.383. The normalized spacial score (nSPS) is 13.9. The van der Waals surface area contributed by atoms with Crippen molar-refractivity contribution in [2.45, 2.75) is 11.2 Å². The summed E-state index contributed by atoms with van der Waals surface area (Å²) in [6, 6.07) is 0. The Bertz CT molecular complexity index is 43.7. The number of rotatable bonds is 4. The maximum Gasteiger partial charge on any atom is 0.0587 e. The SMILES string of the molecule is COCC(Br)CCBr. The van der Waals surface area contributed by atoms with E-state index in [2.05, 4.69) is 31.9 Å². The molecule has 50 valence electrons. The standard InChI is InChI=1S/C5H10Br2O/c1-8-4-5(7)2-3-6/h5H,2-4H2,1H3. The fraction of sp³-hybridized carbons (Fsp3) is 1.00. The molecule has 1 nitrogen and oxygen atoms in total. The number of hydrogen-bond donors (Lipinski definition) is 0. The number of alkyl halides is 2. The Balaban J connectivity index is 2.92. The molecule has 0 saturated heterocycles. The Kier molecular flexibility index (Phi) is 6.74. The van der Waals surface area contributed by atoms with E-state index in [9.17, 15) is 0 Å². The first-order chi connectivity index (χ1) is 3.81. The van der Waals surface area contributed by atoms with Gasteiger partial charge in [-0.2, -0.15) is 0 Å². The van der Waals surface area contributed by atoms with Crippen LogP contribution in [0.3, 0.4) is 0 Å². The quantitative estimate of drug-likeness (QED) is 0.690. The molecule has 3 heteroatoms. The van der Waals surface area contributed by atoms with E-state index in [4.69, 9.17) is 4.74 Å². The van der Waals surface area contributed by atoms with E-state index < -0.39 is 0 Å². The predicted octanol–water partition coefficient (Wildman–Crippen LogP) is 2.18. The summed E-state index contributed by atoms with van der Waals surface area (Å²) in [5.74, 6) is 0. The van der Waals surface area contributed by atoms with Crippen LogP contribution in [0.15, 0.2) is 0 Å². The molecule has 0 aromatic heterocycles. The topological polar surface area (TPSA) is 9.23 Å². The van der Waals surface area contributed by atoms with E-state index in [0.717, 1.165) is 18.4 Å². The third kappa shape index (κ3) is 5.06. The van der Waals surface area contributed by atoms with Gasteiger partial charge in [-0.05, 0) is 6.42 Å². The molecule has 0 radical (unpaired) electrons. The molecule has 1 atom stereocenters. The van der Waals surface area contributed by atoms with Gasteiger partial charge in [0.1, 0.15) is 0 Å². The smallest absolute Gasteiger partial charge is 0.0587 e. The van der Waals surface area contributed by atoms with Crippen molar-refractivity contribution in [1.29, 1.82) is 0 Å². The third-order valence-corrected chi connectivity index (χ3v) is 1.95. The van der Waals surface area contributed by atoms with E-state index in [-0.39, 0.29) is 0 Å². The summed E-state index contributed by atoms with van der Waals surface area (Å²) in [6.45, 7) is 0.797. The summed E-state index contributed by atoms with van der Waals surface area (Å²) in [5, 5.41) is 1.03. The fourth-order valence-corrected chi connectivity index (χ4v) is 2.04.